The third-order valence-corrected chi connectivity index (χ3v) is 6.80. The number of aliphatic carboxylic acids is 1. The zero-order valence-corrected chi connectivity index (χ0v) is 12.3. The molecule has 0 aliphatic carbocycles. The Hall–Kier alpha value is -0.670. The normalized spacial score (nSPS) is 24.8. The molecular weight excluding hydrogens is 314 g/mol. The van der Waals surface area contributed by atoms with E-state index in [0.717, 1.165) is 15.6 Å². The average Bonchev–Trinajstić information content (AvgIpc) is 2.84. The fourth-order valence-electron chi connectivity index (χ4n) is 1.95. The summed E-state index contributed by atoms with van der Waals surface area (Å²) in [5.74, 6) is -1.26. The van der Waals surface area contributed by atoms with Gasteiger partial charge in [0.25, 0.3) is 10.0 Å². The highest BCUT2D eigenvalue weighted by Gasteiger charge is 2.44. The Morgan fingerprint density at radius 2 is 2.21 bits per heavy atom. The summed E-state index contributed by atoms with van der Waals surface area (Å²) in [6, 6.07) is 0.174. The SMILES string of the molecule is Cc1cc(S(=O)(=O)N2C[C@H](O)C[C@@H]2C(=O)O)sc1Cl. The molecule has 0 amide bonds. The minimum absolute atomic E-state index is 0.00431. The Bertz CT molecular complexity index is 592. The van der Waals surface area contributed by atoms with Crippen LogP contribution in [0.2, 0.25) is 4.34 Å². The van der Waals surface area contributed by atoms with Gasteiger partial charge < -0.3 is 10.2 Å². The van der Waals surface area contributed by atoms with Crippen molar-refractivity contribution in [3.63, 3.8) is 0 Å². The molecule has 1 aromatic heterocycles. The lowest BCUT2D eigenvalue weighted by Crippen LogP contribution is -2.40. The van der Waals surface area contributed by atoms with Crippen molar-refractivity contribution in [2.45, 2.75) is 29.7 Å². The van der Waals surface area contributed by atoms with Gasteiger partial charge in [-0.2, -0.15) is 4.31 Å². The van der Waals surface area contributed by atoms with Gasteiger partial charge >= 0.3 is 5.97 Å². The summed E-state index contributed by atoms with van der Waals surface area (Å²) >= 11 is 6.72. The van der Waals surface area contributed by atoms with E-state index in [1.165, 1.54) is 6.07 Å². The Morgan fingerprint density at radius 3 is 2.68 bits per heavy atom. The Kier molecular flexibility index (Phi) is 3.90. The Balaban J connectivity index is 2.41. The van der Waals surface area contributed by atoms with E-state index in [9.17, 15) is 18.3 Å². The van der Waals surface area contributed by atoms with E-state index in [2.05, 4.69) is 0 Å². The number of hydrogen-bond donors (Lipinski definition) is 2. The average molecular weight is 326 g/mol. The number of carbonyl (C=O) groups is 1. The van der Waals surface area contributed by atoms with Gasteiger partial charge in [0.1, 0.15) is 10.3 Å². The summed E-state index contributed by atoms with van der Waals surface area (Å²) in [6.45, 7) is 1.46. The van der Waals surface area contributed by atoms with Crippen LogP contribution in [0.5, 0.6) is 0 Å². The van der Waals surface area contributed by atoms with Crippen molar-refractivity contribution in [2.24, 2.45) is 0 Å². The molecule has 1 aliphatic rings. The van der Waals surface area contributed by atoms with Crippen LogP contribution in [0.4, 0.5) is 0 Å². The van der Waals surface area contributed by atoms with E-state index >= 15 is 0 Å². The van der Waals surface area contributed by atoms with Crippen molar-refractivity contribution in [1.29, 1.82) is 0 Å². The van der Waals surface area contributed by atoms with E-state index in [0.29, 0.717) is 9.90 Å². The number of β-amino-alcohol motifs (C(OH)–C–C–N with tert-alkyl or cyclic N) is 1. The summed E-state index contributed by atoms with van der Waals surface area (Å²) in [5, 5.41) is 18.5. The monoisotopic (exact) mass is 325 g/mol. The molecule has 0 unspecified atom stereocenters. The second-order valence-electron chi connectivity index (χ2n) is 4.34. The second-order valence-corrected chi connectivity index (χ2v) is 8.11. The van der Waals surface area contributed by atoms with Crippen molar-refractivity contribution < 1.29 is 23.4 Å². The number of aliphatic hydroxyl groups excluding tert-OH is 1. The Morgan fingerprint density at radius 1 is 1.58 bits per heavy atom. The minimum Gasteiger partial charge on any atom is -0.480 e. The molecule has 2 N–H and O–H groups in total. The van der Waals surface area contributed by atoms with E-state index < -0.39 is 28.1 Å². The summed E-state index contributed by atoms with van der Waals surface area (Å²) < 4.78 is 25.9. The molecule has 0 aromatic carbocycles. The summed E-state index contributed by atoms with van der Waals surface area (Å²) in [5.41, 5.74) is 0.622. The molecule has 19 heavy (non-hydrogen) atoms. The number of thiophene rings is 1. The number of hydrogen-bond acceptors (Lipinski definition) is 5. The largest absolute Gasteiger partial charge is 0.480 e. The molecule has 1 aliphatic heterocycles. The van der Waals surface area contributed by atoms with Crippen LogP contribution in [0.25, 0.3) is 0 Å². The fourth-order valence-corrected chi connectivity index (χ4v) is 5.42. The van der Waals surface area contributed by atoms with Gasteiger partial charge in [0.2, 0.25) is 0 Å². The maximum Gasteiger partial charge on any atom is 0.322 e. The van der Waals surface area contributed by atoms with Gasteiger partial charge in [-0.05, 0) is 18.6 Å². The van der Waals surface area contributed by atoms with Gasteiger partial charge in [0, 0.05) is 13.0 Å². The predicted octanol–water partition coefficient (Wildman–Crippen LogP) is 0.918. The van der Waals surface area contributed by atoms with Crippen LogP contribution in [0.3, 0.4) is 0 Å². The van der Waals surface area contributed by atoms with E-state index in [-0.39, 0.29) is 17.2 Å². The van der Waals surface area contributed by atoms with Gasteiger partial charge in [-0.15, -0.1) is 11.3 Å². The van der Waals surface area contributed by atoms with Crippen LogP contribution in [0.15, 0.2) is 10.3 Å². The van der Waals surface area contributed by atoms with Crippen LogP contribution in [-0.2, 0) is 14.8 Å². The topological polar surface area (TPSA) is 94.9 Å². The molecule has 1 aromatic rings. The first-order valence-electron chi connectivity index (χ1n) is 5.42. The van der Waals surface area contributed by atoms with Gasteiger partial charge in [-0.1, -0.05) is 11.6 Å². The zero-order chi connectivity index (χ0) is 14.4. The van der Waals surface area contributed by atoms with Gasteiger partial charge in [0.15, 0.2) is 0 Å². The molecule has 2 atom stereocenters. The van der Waals surface area contributed by atoms with E-state index in [1.807, 2.05) is 0 Å². The van der Waals surface area contributed by atoms with Crippen LogP contribution < -0.4 is 0 Å². The molecule has 2 heterocycles. The second kappa shape index (κ2) is 5.02. The molecule has 9 heteroatoms. The number of halogens is 1. The quantitative estimate of drug-likeness (QED) is 0.861. The molecule has 0 bridgehead atoms. The number of carboxylic acids is 1. The van der Waals surface area contributed by atoms with E-state index in [4.69, 9.17) is 16.7 Å². The van der Waals surface area contributed by atoms with Gasteiger partial charge in [0.05, 0.1) is 10.4 Å². The summed E-state index contributed by atoms with van der Waals surface area (Å²) in [7, 11) is -3.94. The maximum absolute atomic E-state index is 12.4. The highest BCUT2D eigenvalue weighted by Crippen LogP contribution is 2.34. The lowest BCUT2D eigenvalue weighted by atomic mass is 10.2. The molecular formula is C10H12ClNO5S2. The highest BCUT2D eigenvalue weighted by molar-refractivity contribution is 7.91. The van der Waals surface area contributed by atoms with Crippen molar-refractivity contribution in [3.05, 3.63) is 16.0 Å². The molecule has 2 rings (SSSR count). The first-order chi connectivity index (χ1) is 8.73. The molecule has 1 saturated heterocycles. The number of nitrogens with zero attached hydrogens (tertiary/aromatic N) is 1. The zero-order valence-electron chi connectivity index (χ0n) is 9.91. The lowest BCUT2D eigenvalue weighted by molar-refractivity contribution is -0.140. The number of carboxylic acid groups (broad SMARTS) is 1. The molecule has 1 fully saturated rings. The van der Waals surface area contributed by atoms with Gasteiger partial charge in [-0.25, -0.2) is 8.42 Å². The number of rotatable bonds is 3. The molecule has 6 nitrogen and oxygen atoms in total. The van der Waals surface area contributed by atoms with Crippen molar-refractivity contribution >= 4 is 38.9 Å². The number of aliphatic hydroxyl groups is 1. The van der Waals surface area contributed by atoms with Crippen LogP contribution in [0, 0.1) is 6.92 Å². The van der Waals surface area contributed by atoms with Gasteiger partial charge in [-0.3, -0.25) is 4.79 Å². The number of sulfonamides is 1. The van der Waals surface area contributed by atoms with Crippen LogP contribution in [0.1, 0.15) is 12.0 Å². The van der Waals surface area contributed by atoms with Crippen LogP contribution in [-0.4, -0.2) is 47.6 Å². The third kappa shape index (κ3) is 2.63. The van der Waals surface area contributed by atoms with E-state index in [1.54, 1.807) is 6.92 Å². The maximum atomic E-state index is 12.4. The van der Waals surface area contributed by atoms with Crippen molar-refractivity contribution in [3.8, 4) is 0 Å². The van der Waals surface area contributed by atoms with Crippen LogP contribution >= 0.6 is 22.9 Å². The fraction of sp³-hybridized carbons (Fsp3) is 0.500. The third-order valence-electron chi connectivity index (χ3n) is 2.92. The smallest absolute Gasteiger partial charge is 0.322 e. The minimum atomic E-state index is -3.94. The molecule has 0 radical (unpaired) electrons. The molecule has 0 saturated carbocycles. The first-order valence-corrected chi connectivity index (χ1v) is 8.05. The first kappa shape index (κ1) is 14.7. The Labute approximate surface area is 119 Å². The predicted molar refractivity (Wildman–Crippen MR) is 70.0 cm³/mol. The van der Waals surface area contributed by atoms with Crippen molar-refractivity contribution in [2.75, 3.05) is 6.54 Å². The standard InChI is InChI=1S/C10H12ClNO5S2/c1-5-2-8(18-9(5)11)19(16,17)12-4-6(13)3-7(12)10(14)15/h2,6-7,13H,3-4H2,1H3,(H,14,15)/t6-,7-/m1/s1. The summed E-state index contributed by atoms with van der Waals surface area (Å²) in [4.78, 5) is 11.1. The van der Waals surface area contributed by atoms with Crippen molar-refractivity contribution in [1.82, 2.24) is 4.31 Å². The highest BCUT2D eigenvalue weighted by atomic mass is 35.5. The number of aryl methyl sites for hydroxylation is 1. The summed E-state index contributed by atoms with van der Waals surface area (Å²) in [6.07, 6.45) is -1.07. The lowest BCUT2D eigenvalue weighted by Gasteiger charge is -2.19. The molecule has 106 valence electrons. The molecule has 0 spiro atoms.